The average molecular weight is 305 g/mol. The molecule has 0 saturated carbocycles. The third-order valence-electron chi connectivity index (χ3n) is 4.63. The third-order valence-corrected chi connectivity index (χ3v) is 4.63. The normalized spacial score (nSPS) is 28.0. The predicted octanol–water partition coefficient (Wildman–Crippen LogP) is 0.663. The number of rotatable bonds is 3. The summed E-state index contributed by atoms with van der Waals surface area (Å²) in [4.78, 5) is 12.3. The Kier molecular flexibility index (Phi) is 4.76. The van der Waals surface area contributed by atoms with E-state index < -0.39 is 12.2 Å². The van der Waals surface area contributed by atoms with Crippen LogP contribution in [0.5, 0.6) is 0 Å². The number of hydrogen-bond acceptors (Lipinski definition) is 4. The van der Waals surface area contributed by atoms with Crippen molar-refractivity contribution in [3.63, 3.8) is 0 Å². The highest BCUT2D eigenvalue weighted by Crippen LogP contribution is 2.22. The maximum atomic E-state index is 12.3. The van der Waals surface area contributed by atoms with E-state index in [2.05, 4.69) is 5.32 Å². The first-order valence-corrected chi connectivity index (χ1v) is 7.99. The van der Waals surface area contributed by atoms with Crippen molar-refractivity contribution in [2.24, 2.45) is 5.92 Å². The summed E-state index contributed by atoms with van der Waals surface area (Å²) < 4.78 is 5.22. The number of benzene rings is 1. The second-order valence-electron chi connectivity index (χ2n) is 6.26. The van der Waals surface area contributed by atoms with Crippen molar-refractivity contribution in [2.45, 2.75) is 37.9 Å². The Morgan fingerprint density at radius 3 is 2.77 bits per heavy atom. The van der Waals surface area contributed by atoms with Crippen LogP contribution < -0.4 is 5.32 Å². The summed E-state index contributed by atoms with van der Waals surface area (Å²) in [6.07, 6.45) is 2.82. The van der Waals surface area contributed by atoms with Crippen LogP contribution in [0.15, 0.2) is 18.2 Å². The Hall–Kier alpha value is -1.43. The first kappa shape index (κ1) is 15.5. The summed E-state index contributed by atoms with van der Waals surface area (Å²) >= 11 is 0. The van der Waals surface area contributed by atoms with Crippen LogP contribution in [0.4, 0.5) is 0 Å². The summed E-state index contributed by atoms with van der Waals surface area (Å²) in [5.74, 6) is -0.411. The topological polar surface area (TPSA) is 78.8 Å². The van der Waals surface area contributed by atoms with Gasteiger partial charge in [-0.25, -0.2) is 0 Å². The first-order valence-electron chi connectivity index (χ1n) is 7.99. The molecule has 2 aliphatic rings. The molecule has 5 nitrogen and oxygen atoms in total. The highest BCUT2D eigenvalue weighted by Gasteiger charge is 2.31. The summed E-state index contributed by atoms with van der Waals surface area (Å²) in [6, 6.07) is 5.89. The number of aliphatic hydroxyl groups is 2. The van der Waals surface area contributed by atoms with E-state index in [1.54, 1.807) is 0 Å². The van der Waals surface area contributed by atoms with Gasteiger partial charge in [0, 0.05) is 18.0 Å². The molecular weight excluding hydrogens is 282 g/mol. The number of ether oxygens (including phenoxy) is 1. The molecule has 5 heteroatoms. The van der Waals surface area contributed by atoms with Crippen molar-refractivity contribution in [3.8, 4) is 0 Å². The SMILES string of the molecule is O=C(NC[C@@H]1COC[C@@H](O)[C@H]1O)c1ccc2c(c1)CCCC2. The van der Waals surface area contributed by atoms with E-state index in [1.807, 2.05) is 18.2 Å². The van der Waals surface area contributed by atoms with Gasteiger partial charge in [0.05, 0.1) is 19.3 Å². The zero-order chi connectivity index (χ0) is 15.5. The van der Waals surface area contributed by atoms with Gasteiger partial charge < -0.3 is 20.3 Å². The fourth-order valence-electron chi connectivity index (χ4n) is 3.23. The molecule has 1 amide bonds. The maximum absolute atomic E-state index is 12.3. The minimum absolute atomic E-state index is 0.138. The molecule has 0 aromatic heterocycles. The minimum Gasteiger partial charge on any atom is -0.390 e. The number of fused-ring (bicyclic) bond motifs is 1. The van der Waals surface area contributed by atoms with Crippen molar-refractivity contribution in [1.82, 2.24) is 5.32 Å². The maximum Gasteiger partial charge on any atom is 0.251 e. The molecule has 3 N–H and O–H groups in total. The van der Waals surface area contributed by atoms with E-state index in [0.29, 0.717) is 18.7 Å². The fourth-order valence-corrected chi connectivity index (χ4v) is 3.23. The van der Waals surface area contributed by atoms with Crippen molar-refractivity contribution < 1.29 is 19.7 Å². The van der Waals surface area contributed by atoms with Crippen LogP contribution in [-0.2, 0) is 17.6 Å². The Morgan fingerprint density at radius 2 is 1.95 bits per heavy atom. The zero-order valence-corrected chi connectivity index (χ0v) is 12.6. The summed E-state index contributed by atoms with van der Waals surface area (Å²) in [5.41, 5.74) is 3.28. The highest BCUT2D eigenvalue weighted by atomic mass is 16.5. The number of carbonyl (C=O) groups is 1. The van der Waals surface area contributed by atoms with Crippen LogP contribution in [0.1, 0.15) is 34.3 Å². The second kappa shape index (κ2) is 6.77. The van der Waals surface area contributed by atoms with E-state index in [4.69, 9.17) is 4.74 Å². The standard InChI is InChI=1S/C17H23NO4/c19-15-10-22-9-14(16(15)20)8-18-17(21)13-6-5-11-3-1-2-4-12(11)7-13/h5-7,14-16,19-20H,1-4,8-10H2,(H,18,21)/t14-,15-,16+/m1/s1. The number of aliphatic hydroxyl groups excluding tert-OH is 2. The molecule has 1 saturated heterocycles. The number of hydrogen-bond donors (Lipinski definition) is 3. The lowest BCUT2D eigenvalue weighted by atomic mass is 9.90. The molecule has 22 heavy (non-hydrogen) atoms. The van der Waals surface area contributed by atoms with Gasteiger partial charge in [-0.3, -0.25) is 4.79 Å². The molecule has 1 aliphatic carbocycles. The molecule has 1 aromatic rings. The molecule has 1 aliphatic heterocycles. The number of carbonyl (C=O) groups excluding carboxylic acids is 1. The molecule has 0 spiro atoms. The zero-order valence-electron chi connectivity index (χ0n) is 12.6. The Balaban J connectivity index is 1.60. The van der Waals surface area contributed by atoms with Gasteiger partial charge in [0.25, 0.3) is 5.91 Å². The molecule has 1 fully saturated rings. The van der Waals surface area contributed by atoms with E-state index in [9.17, 15) is 15.0 Å². The van der Waals surface area contributed by atoms with E-state index in [1.165, 1.54) is 24.0 Å². The number of nitrogens with one attached hydrogen (secondary N) is 1. The van der Waals surface area contributed by atoms with Crippen LogP contribution in [0.3, 0.4) is 0 Å². The van der Waals surface area contributed by atoms with Crippen molar-refractivity contribution in [2.75, 3.05) is 19.8 Å². The van der Waals surface area contributed by atoms with Gasteiger partial charge in [-0.1, -0.05) is 6.07 Å². The number of aryl methyl sites for hydroxylation is 2. The fraction of sp³-hybridized carbons (Fsp3) is 0.588. The van der Waals surface area contributed by atoms with Crippen molar-refractivity contribution >= 4 is 5.91 Å². The Bertz CT molecular complexity index is 545. The summed E-state index contributed by atoms with van der Waals surface area (Å²) in [5, 5.41) is 22.3. The predicted molar refractivity (Wildman–Crippen MR) is 81.7 cm³/mol. The van der Waals surface area contributed by atoms with Gasteiger partial charge in [0.1, 0.15) is 6.10 Å². The minimum atomic E-state index is -0.876. The number of amides is 1. The molecule has 0 bridgehead atoms. The lowest BCUT2D eigenvalue weighted by Crippen LogP contribution is -2.48. The van der Waals surface area contributed by atoms with Gasteiger partial charge in [0.2, 0.25) is 0 Å². The highest BCUT2D eigenvalue weighted by molar-refractivity contribution is 5.94. The molecule has 0 unspecified atom stereocenters. The van der Waals surface area contributed by atoms with Gasteiger partial charge in [-0.15, -0.1) is 0 Å². The van der Waals surface area contributed by atoms with E-state index >= 15 is 0 Å². The van der Waals surface area contributed by atoms with Crippen LogP contribution >= 0.6 is 0 Å². The molecule has 1 heterocycles. The van der Waals surface area contributed by atoms with Crippen LogP contribution in [0, 0.1) is 5.92 Å². The third kappa shape index (κ3) is 3.32. The Labute approximate surface area is 130 Å². The largest absolute Gasteiger partial charge is 0.390 e. The van der Waals surface area contributed by atoms with Gasteiger partial charge in [-0.05, 0) is 48.9 Å². The lowest BCUT2D eigenvalue weighted by molar-refractivity contribution is -0.118. The van der Waals surface area contributed by atoms with Crippen LogP contribution in [0.2, 0.25) is 0 Å². The molecule has 3 atom stereocenters. The van der Waals surface area contributed by atoms with E-state index in [0.717, 1.165) is 12.8 Å². The smallest absolute Gasteiger partial charge is 0.251 e. The van der Waals surface area contributed by atoms with Crippen molar-refractivity contribution in [3.05, 3.63) is 34.9 Å². The van der Waals surface area contributed by atoms with E-state index in [-0.39, 0.29) is 18.4 Å². The molecule has 1 aromatic carbocycles. The van der Waals surface area contributed by atoms with Gasteiger partial charge in [-0.2, -0.15) is 0 Å². The van der Waals surface area contributed by atoms with Gasteiger partial charge in [0.15, 0.2) is 0 Å². The lowest BCUT2D eigenvalue weighted by Gasteiger charge is -2.31. The molecule has 3 rings (SSSR count). The molecular formula is C17H23NO4. The Morgan fingerprint density at radius 1 is 1.18 bits per heavy atom. The summed E-state index contributed by atoms with van der Waals surface area (Å²) in [6.45, 7) is 0.799. The first-order chi connectivity index (χ1) is 10.6. The van der Waals surface area contributed by atoms with Crippen molar-refractivity contribution in [1.29, 1.82) is 0 Å². The van der Waals surface area contributed by atoms with Crippen LogP contribution in [0.25, 0.3) is 0 Å². The quantitative estimate of drug-likeness (QED) is 0.767. The average Bonchev–Trinajstić information content (AvgIpc) is 2.55. The monoisotopic (exact) mass is 305 g/mol. The van der Waals surface area contributed by atoms with Gasteiger partial charge >= 0.3 is 0 Å². The van der Waals surface area contributed by atoms with Crippen LogP contribution in [-0.4, -0.2) is 48.1 Å². The molecule has 0 radical (unpaired) electrons. The molecule has 120 valence electrons. The summed E-state index contributed by atoms with van der Waals surface area (Å²) in [7, 11) is 0. The second-order valence-corrected chi connectivity index (χ2v) is 6.26.